The number of ether oxygens (including phenoxy) is 1. The highest BCUT2D eigenvalue weighted by Gasteiger charge is 2.14. The summed E-state index contributed by atoms with van der Waals surface area (Å²) < 4.78 is 4.76. The SMILES string of the molecule is COC(=O)c1ccccc1NC(=O)c1ccnc(NCCCc2ccccc2)c1. The van der Waals surface area contributed by atoms with Crippen molar-refractivity contribution in [2.24, 2.45) is 0 Å². The van der Waals surface area contributed by atoms with Crippen LogP contribution in [0.2, 0.25) is 0 Å². The number of hydrogen-bond donors (Lipinski definition) is 2. The molecular formula is C23H23N3O3. The molecule has 0 radical (unpaired) electrons. The first kappa shape index (κ1) is 20.1. The van der Waals surface area contributed by atoms with Crippen LogP contribution in [0, 0.1) is 0 Å². The van der Waals surface area contributed by atoms with Gasteiger partial charge in [0.1, 0.15) is 5.82 Å². The second-order valence-corrected chi connectivity index (χ2v) is 6.44. The minimum atomic E-state index is -0.503. The molecule has 1 aromatic heterocycles. The lowest BCUT2D eigenvalue weighted by Gasteiger charge is -2.11. The van der Waals surface area contributed by atoms with Crippen LogP contribution in [-0.4, -0.2) is 30.5 Å². The zero-order valence-corrected chi connectivity index (χ0v) is 16.2. The maximum absolute atomic E-state index is 12.6. The number of nitrogens with one attached hydrogen (secondary N) is 2. The fourth-order valence-corrected chi connectivity index (χ4v) is 2.90. The third kappa shape index (κ3) is 5.65. The van der Waals surface area contributed by atoms with E-state index in [0.717, 1.165) is 19.4 Å². The molecule has 0 fully saturated rings. The Balaban J connectivity index is 1.59. The number of benzene rings is 2. The molecule has 1 heterocycles. The molecule has 3 aromatic rings. The number of pyridine rings is 1. The lowest BCUT2D eigenvalue weighted by atomic mass is 10.1. The molecule has 2 aromatic carbocycles. The molecule has 0 aliphatic heterocycles. The van der Waals surface area contributed by atoms with E-state index in [1.165, 1.54) is 12.7 Å². The number of anilines is 2. The average Bonchev–Trinajstić information content (AvgIpc) is 2.77. The Labute approximate surface area is 169 Å². The van der Waals surface area contributed by atoms with E-state index in [1.54, 1.807) is 42.6 Å². The number of methoxy groups -OCH3 is 1. The van der Waals surface area contributed by atoms with Crippen molar-refractivity contribution in [1.82, 2.24) is 4.98 Å². The molecule has 3 rings (SSSR count). The normalized spacial score (nSPS) is 10.2. The average molecular weight is 389 g/mol. The molecule has 0 saturated carbocycles. The Kier molecular flexibility index (Phi) is 6.95. The lowest BCUT2D eigenvalue weighted by molar-refractivity contribution is 0.0602. The van der Waals surface area contributed by atoms with Crippen LogP contribution >= 0.6 is 0 Å². The van der Waals surface area contributed by atoms with Gasteiger partial charge >= 0.3 is 5.97 Å². The van der Waals surface area contributed by atoms with Crippen LogP contribution in [0.5, 0.6) is 0 Å². The van der Waals surface area contributed by atoms with Gasteiger partial charge in [-0.25, -0.2) is 9.78 Å². The Bertz CT molecular complexity index is 974. The summed E-state index contributed by atoms with van der Waals surface area (Å²) in [6.45, 7) is 0.748. The fraction of sp³-hybridized carbons (Fsp3) is 0.174. The van der Waals surface area contributed by atoms with Crippen molar-refractivity contribution in [3.05, 3.63) is 89.6 Å². The molecule has 0 aliphatic carbocycles. The monoisotopic (exact) mass is 389 g/mol. The van der Waals surface area contributed by atoms with Crippen LogP contribution in [0.15, 0.2) is 72.9 Å². The van der Waals surface area contributed by atoms with Gasteiger partial charge in [-0.3, -0.25) is 4.79 Å². The van der Waals surface area contributed by atoms with Gasteiger partial charge in [0, 0.05) is 18.3 Å². The Morgan fingerprint density at radius 3 is 2.55 bits per heavy atom. The topological polar surface area (TPSA) is 80.3 Å². The van der Waals surface area contributed by atoms with Gasteiger partial charge in [0.05, 0.1) is 18.4 Å². The minimum Gasteiger partial charge on any atom is -0.465 e. The van der Waals surface area contributed by atoms with Gasteiger partial charge in [0.15, 0.2) is 0 Å². The fourth-order valence-electron chi connectivity index (χ4n) is 2.90. The molecule has 0 spiro atoms. The van der Waals surface area contributed by atoms with Gasteiger partial charge in [-0.05, 0) is 42.7 Å². The quantitative estimate of drug-likeness (QED) is 0.447. The molecule has 0 unspecified atom stereocenters. The summed E-state index contributed by atoms with van der Waals surface area (Å²) >= 11 is 0. The number of nitrogens with zero attached hydrogens (tertiary/aromatic N) is 1. The number of para-hydroxylation sites is 1. The molecule has 29 heavy (non-hydrogen) atoms. The standard InChI is InChI=1S/C23H23N3O3/c1-29-23(28)19-11-5-6-12-20(19)26-22(27)18-13-15-25-21(16-18)24-14-7-10-17-8-3-2-4-9-17/h2-6,8-9,11-13,15-16H,7,10,14H2,1H3,(H,24,25)(H,26,27). The predicted octanol–water partition coefficient (Wildman–Crippen LogP) is 4.17. The highest BCUT2D eigenvalue weighted by Crippen LogP contribution is 2.18. The smallest absolute Gasteiger partial charge is 0.339 e. The number of hydrogen-bond acceptors (Lipinski definition) is 5. The summed E-state index contributed by atoms with van der Waals surface area (Å²) in [5.41, 5.74) is 2.44. The Morgan fingerprint density at radius 2 is 1.76 bits per heavy atom. The largest absolute Gasteiger partial charge is 0.465 e. The van der Waals surface area contributed by atoms with E-state index in [4.69, 9.17) is 4.74 Å². The summed E-state index contributed by atoms with van der Waals surface area (Å²) in [6.07, 6.45) is 3.51. The van der Waals surface area contributed by atoms with Gasteiger partial charge in [0.2, 0.25) is 0 Å². The van der Waals surface area contributed by atoms with E-state index in [2.05, 4.69) is 27.8 Å². The summed E-state index contributed by atoms with van der Waals surface area (Å²) in [5, 5.41) is 6.01. The van der Waals surface area contributed by atoms with Gasteiger partial charge in [-0.1, -0.05) is 42.5 Å². The molecule has 1 amide bonds. The van der Waals surface area contributed by atoms with E-state index < -0.39 is 5.97 Å². The summed E-state index contributed by atoms with van der Waals surface area (Å²) in [7, 11) is 1.31. The van der Waals surface area contributed by atoms with Gasteiger partial charge < -0.3 is 15.4 Å². The van der Waals surface area contributed by atoms with Crippen molar-refractivity contribution in [2.45, 2.75) is 12.8 Å². The van der Waals surface area contributed by atoms with Crippen molar-refractivity contribution >= 4 is 23.4 Å². The first-order chi connectivity index (χ1) is 14.2. The third-order valence-corrected chi connectivity index (χ3v) is 4.39. The van der Waals surface area contributed by atoms with E-state index in [-0.39, 0.29) is 5.91 Å². The first-order valence-electron chi connectivity index (χ1n) is 9.40. The van der Waals surface area contributed by atoms with Crippen molar-refractivity contribution in [2.75, 3.05) is 24.3 Å². The van der Waals surface area contributed by atoms with Crippen LogP contribution in [-0.2, 0) is 11.2 Å². The number of carbonyl (C=O) groups excluding carboxylic acids is 2. The van der Waals surface area contributed by atoms with E-state index in [1.807, 2.05) is 18.2 Å². The van der Waals surface area contributed by atoms with Crippen LogP contribution in [0.25, 0.3) is 0 Å². The predicted molar refractivity (Wildman–Crippen MR) is 113 cm³/mol. The molecule has 0 atom stereocenters. The first-order valence-corrected chi connectivity index (χ1v) is 9.40. The molecule has 6 heteroatoms. The Hall–Kier alpha value is -3.67. The van der Waals surface area contributed by atoms with Crippen molar-refractivity contribution in [1.29, 1.82) is 0 Å². The number of rotatable bonds is 8. The van der Waals surface area contributed by atoms with Gasteiger partial charge in [0.25, 0.3) is 5.91 Å². The van der Waals surface area contributed by atoms with Crippen molar-refractivity contribution < 1.29 is 14.3 Å². The zero-order chi connectivity index (χ0) is 20.5. The van der Waals surface area contributed by atoms with E-state index >= 15 is 0 Å². The highest BCUT2D eigenvalue weighted by atomic mass is 16.5. The molecular weight excluding hydrogens is 366 g/mol. The van der Waals surface area contributed by atoms with Crippen LogP contribution < -0.4 is 10.6 Å². The van der Waals surface area contributed by atoms with Gasteiger partial charge in [-0.15, -0.1) is 0 Å². The zero-order valence-electron chi connectivity index (χ0n) is 16.2. The van der Waals surface area contributed by atoms with Crippen LogP contribution in [0.3, 0.4) is 0 Å². The second-order valence-electron chi connectivity index (χ2n) is 6.44. The lowest BCUT2D eigenvalue weighted by Crippen LogP contribution is -2.16. The number of amides is 1. The highest BCUT2D eigenvalue weighted by molar-refractivity contribution is 6.08. The number of aryl methyl sites for hydroxylation is 1. The molecule has 2 N–H and O–H groups in total. The summed E-state index contributed by atoms with van der Waals surface area (Å²) in [4.78, 5) is 28.8. The molecule has 6 nitrogen and oxygen atoms in total. The number of carbonyl (C=O) groups is 2. The van der Waals surface area contributed by atoms with E-state index in [0.29, 0.717) is 22.6 Å². The van der Waals surface area contributed by atoms with Crippen LogP contribution in [0.1, 0.15) is 32.7 Å². The maximum Gasteiger partial charge on any atom is 0.339 e. The molecule has 0 bridgehead atoms. The van der Waals surface area contributed by atoms with Crippen LogP contribution in [0.4, 0.5) is 11.5 Å². The van der Waals surface area contributed by atoms with Gasteiger partial charge in [-0.2, -0.15) is 0 Å². The van der Waals surface area contributed by atoms with E-state index in [9.17, 15) is 9.59 Å². The van der Waals surface area contributed by atoms with Crippen molar-refractivity contribution in [3.8, 4) is 0 Å². The molecule has 148 valence electrons. The summed E-state index contributed by atoms with van der Waals surface area (Å²) in [6, 6.07) is 20.3. The number of aromatic nitrogens is 1. The third-order valence-electron chi connectivity index (χ3n) is 4.39. The minimum absolute atomic E-state index is 0.302. The summed E-state index contributed by atoms with van der Waals surface area (Å²) in [5.74, 6) is -0.195. The second kappa shape index (κ2) is 10.0. The Morgan fingerprint density at radius 1 is 1.00 bits per heavy atom. The maximum atomic E-state index is 12.6. The number of esters is 1. The van der Waals surface area contributed by atoms with Crippen molar-refractivity contribution in [3.63, 3.8) is 0 Å². The molecule has 0 aliphatic rings. The molecule has 0 saturated heterocycles.